The van der Waals surface area contributed by atoms with Crippen LogP contribution in [0.5, 0.6) is 0 Å². The number of hydrogen-bond donors (Lipinski definition) is 0. The van der Waals surface area contributed by atoms with Crippen molar-refractivity contribution in [2.24, 2.45) is 5.92 Å². The lowest BCUT2D eigenvalue weighted by molar-refractivity contribution is -0.148. The molecule has 0 N–H and O–H groups in total. The van der Waals surface area contributed by atoms with E-state index in [1.165, 1.54) is 6.92 Å². The zero-order valence-corrected chi connectivity index (χ0v) is 11.1. The molecule has 2 heterocycles. The molecule has 0 aliphatic carbocycles. The van der Waals surface area contributed by atoms with E-state index in [0.29, 0.717) is 18.7 Å². The van der Waals surface area contributed by atoms with Gasteiger partial charge in [0.15, 0.2) is 0 Å². The van der Waals surface area contributed by atoms with Crippen molar-refractivity contribution in [3.63, 3.8) is 0 Å². The van der Waals surface area contributed by atoms with Gasteiger partial charge in [-0.05, 0) is 5.56 Å². The Kier molecular flexibility index (Phi) is 2.89. The minimum atomic E-state index is -0.509. The van der Waals surface area contributed by atoms with Crippen molar-refractivity contribution >= 4 is 17.7 Å². The molecule has 1 atom stereocenters. The van der Waals surface area contributed by atoms with Crippen LogP contribution in [0.4, 0.5) is 0 Å². The first-order valence-corrected chi connectivity index (χ1v) is 6.46. The highest BCUT2D eigenvalue weighted by Crippen LogP contribution is 2.32. The van der Waals surface area contributed by atoms with Gasteiger partial charge < -0.3 is 4.90 Å². The molecule has 1 unspecified atom stereocenters. The van der Waals surface area contributed by atoms with E-state index in [2.05, 4.69) is 0 Å². The molecule has 1 aromatic carbocycles. The molecule has 0 bridgehead atoms. The van der Waals surface area contributed by atoms with Crippen molar-refractivity contribution in [2.75, 3.05) is 6.54 Å². The largest absolute Gasteiger partial charge is 0.371 e. The number of nitrogens with zero attached hydrogens (tertiary/aromatic N) is 2. The summed E-state index contributed by atoms with van der Waals surface area (Å²) in [4.78, 5) is 38.1. The first kappa shape index (κ1) is 12.6. The number of amides is 3. The third kappa shape index (κ3) is 1.91. The van der Waals surface area contributed by atoms with Crippen LogP contribution >= 0.6 is 0 Å². The van der Waals surface area contributed by atoms with Gasteiger partial charge in [0.1, 0.15) is 0 Å². The monoisotopic (exact) mass is 270 g/mol. The molecular weight excluding hydrogens is 256 g/mol. The van der Waals surface area contributed by atoms with Crippen molar-refractivity contribution in [3.8, 4) is 0 Å². The summed E-state index contributed by atoms with van der Waals surface area (Å²) in [6.45, 7) is 2.35. The molecule has 0 radical (unpaired) electrons. The summed E-state index contributed by atoms with van der Waals surface area (Å²) in [6, 6.07) is 9.84. The lowest BCUT2D eigenvalue weighted by atomic mass is 10.1. The third-order valence-corrected chi connectivity index (χ3v) is 3.63. The topological polar surface area (TPSA) is 57.7 Å². The lowest BCUT2D eigenvalue weighted by Crippen LogP contribution is -2.37. The molecule has 2 aliphatic heterocycles. The molecule has 0 aromatic heterocycles. The van der Waals surface area contributed by atoms with E-state index in [0.717, 1.165) is 10.5 Å². The van der Waals surface area contributed by atoms with E-state index in [1.807, 2.05) is 35.2 Å². The van der Waals surface area contributed by atoms with Crippen LogP contribution in [0.25, 0.3) is 0 Å². The van der Waals surface area contributed by atoms with Crippen LogP contribution < -0.4 is 0 Å². The summed E-state index contributed by atoms with van der Waals surface area (Å²) in [6.07, 6.45) is 1.71. The number of carbonyl (C=O) groups excluding carboxylic acids is 3. The maximum absolute atomic E-state index is 12.1. The Labute approximate surface area is 116 Å². The van der Waals surface area contributed by atoms with Crippen LogP contribution in [0, 0.1) is 5.92 Å². The summed E-state index contributed by atoms with van der Waals surface area (Å²) < 4.78 is 0. The van der Waals surface area contributed by atoms with Crippen molar-refractivity contribution in [2.45, 2.75) is 13.5 Å². The van der Waals surface area contributed by atoms with Crippen LogP contribution in [0.1, 0.15) is 12.5 Å². The van der Waals surface area contributed by atoms with Gasteiger partial charge in [-0.3, -0.25) is 14.4 Å². The van der Waals surface area contributed by atoms with E-state index in [9.17, 15) is 14.4 Å². The highest BCUT2D eigenvalue weighted by molar-refractivity contribution is 6.23. The fourth-order valence-corrected chi connectivity index (χ4v) is 2.70. The second kappa shape index (κ2) is 4.59. The maximum Gasteiger partial charge on any atom is 0.265 e. The Morgan fingerprint density at radius 1 is 1.25 bits per heavy atom. The number of rotatable bonds is 2. The van der Waals surface area contributed by atoms with Crippen molar-refractivity contribution in [1.29, 1.82) is 0 Å². The number of likely N-dealkylation sites (tertiary alicyclic amines) is 1. The van der Waals surface area contributed by atoms with Gasteiger partial charge in [-0.25, -0.2) is 4.90 Å². The van der Waals surface area contributed by atoms with Crippen LogP contribution in [0.3, 0.4) is 0 Å². The highest BCUT2D eigenvalue weighted by Gasteiger charge is 2.48. The number of imide groups is 3. The van der Waals surface area contributed by atoms with Gasteiger partial charge in [0.2, 0.25) is 11.8 Å². The average molecular weight is 270 g/mol. The van der Waals surface area contributed by atoms with Gasteiger partial charge in [0.25, 0.3) is 5.91 Å². The van der Waals surface area contributed by atoms with Crippen molar-refractivity contribution in [1.82, 2.24) is 9.80 Å². The van der Waals surface area contributed by atoms with Crippen molar-refractivity contribution < 1.29 is 14.4 Å². The third-order valence-electron chi connectivity index (χ3n) is 3.63. The maximum atomic E-state index is 12.1. The predicted octanol–water partition coefficient (Wildman–Crippen LogP) is 0.918. The number of benzene rings is 1. The van der Waals surface area contributed by atoms with Crippen LogP contribution in [0.2, 0.25) is 0 Å². The molecule has 0 spiro atoms. The molecule has 20 heavy (non-hydrogen) atoms. The first-order chi connectivity index (χ1) is 9.58. The minimum Gasteiger partial charge on any atom is -0.371 e. The van der Waals surface area contributed by atoms with E-state index < -0.39 is 23.6 Å². The number of fused-ring (bicyclic) bond motifs is 1. The summed E-state index contributed by atoms with van der Waals surface area (Å²) in [5, 5.41) is 0. The molecule has 1 aromatic rings. The highest BCUT2D eigenvalue weighted by atomic mass is 16.2. The smallest absolute Gasteiger partial charge is 0.265 e. The fourth-order valence-electron chi connectivity index (χ4n) is 2.70. The molecule has 5 nitrogen and oxygen atoms in total. The zero-order chi connectivity index (χ0) is 14.3. The zero-order valence-electron chi connectivity index (χ0n) is 11.1. The lowest BCUT2D eigenvalue weighted by Gasteiger charge is -2.18. The second-order valence-electron chi connectivity index (χ2n) is 5.05. The Hall–Kier alpha value is -2.43. The first-order valence-electron chi connectivity index (χ1n) is 6.46. The summed E-state index contributed by atoms with van der Waals surface area (Å²) in [7, 11) is 0. The number of carbonyl (C=O) groups is 3. The summed E-state index contributed by atoms with van der Waals surface area (Å²) in [5.41, 5.74) is 1.55. The molecule has 3 rings (SSSR count). The normalized spacial score (nSPS) is 21.2. The second-order valence-corrected chi connectivity index (χ2v) is 5.05. The van der Waals surface area contributed by atoms with E-state index in [4.69, 9.17) is 0 Å². The molecule has 2 aliphatic rings. The Morgan fingerprint density at radius 3 is 2.55 bits per heavy atom. The summed E-state index contributed by atoms with van der Waals surface area (Å²) in [5.74, 6) is -1.87. The standard InChI is InChI=1S/C15H14N2O3/c1-10(18)17-14(19)12-8-16(9-13(12)15(17)20)7-11-5-3-2-4-6-11/h2-6,8,13H,7,9H2,1H3. The van der Waals surface area contributed by atoms with Gasteiger partial charge >= 0.3 is 0 Å². The van der Waals surface area contributed by atoms with E-state index >= 15 is 0 Å². The van der Waals surface area contributed by atoms with E-state index in [1.54, 1.807) is 6.20 Å². The Bertz CT molecular complexity index is 621. The van der Waals surface area contributed by atoms with E-state index in [-0.39, 0.29) is 0 Å². The molecule has 3 amide bonds. The average Bonchev–Trinajstić information content (AvgIpc) is 2.91. The molecular formula is C15H14N2O3. The van der Waals surface area contributed by atoms with Crippen LogP contribution in [-0.2, 0) is 20.9 Å². The molecule has 0 saturated carbocycles. The van der Waals surface area contributed by atoms with Crippen molar-refractivity contribution in [3.05, 3.63) is 47.7 Å². The quantitative estimate of drug-likeness (QED) is 0.750. The van der Waals surface area contributed by atoms with Gasteiger partial charge in [-0.1, -0.05) is 30.3 Å². The Morgan fingerprint density at radius 2 is 1.95 bits per heavy atom. The molecule has 102 valence electrons. The van der Waals surface area contributed by atoms with Gasteiger partial charge in [-0.15, -0.1) is 0 Å². The van der Waals surface area contributed by atoms with Crippen LogP contribution in [0.15, 0.2) is 42.1 Å². The fraction of sp³-hybridized carbons (Fsp3) is 0.267. The SMILES string of the molecule is CC(=O)N1C(=O)C2=CN(Cc3ccccc3)CC2C1=O. The molecule has 1 saturated heterocycles. The van der Waals surface area contributed by atoms with Gasteiger partial charge in [0.05, 0.1) is 5.92 Å². The predicted molar refractivity (Wildman–Crippen MR) is 71.0 cm³/mol. The number of hydrogen-bond acceptors (Lipinski definition) is 4. The van der Waals surface area contributed by atoms with Gasteiger partial charge in [-0.2, -0.15) is 0 Å². The van der Waals surface area contributed by atoms with Crippen LogP contribution in [-0.4, -0.2) is 34.1 Å². The summed E-state index contributed by atoms with van der Waals surface area (Å²) >= 11 is 0. The van der Waals surface area contributed by atoms with Gasteiger partial charge in [0, 0.05) is 31.8 Å². The molecule has 1 fully saturated rings. The minimum absolute atomic E-state index is 0.399. The Balaban J connectivity index is 1.80. The molecule has 5 heteroatoms.